The molecule has 2 saturated heterocycles. The molecule has 0 aromatic heterocycles. The minimum atomic E-state index is 0.336. The monoisotopic (exact) mass is 282 g/mol. The van der Waals surface area contributed by atoms with Gasteiger partial charge in [-0.2, -0.15) is 0 Å². The number of likely N-dealkylation sites (tertiary alicyclic amines) is 1. The Morgan fingerprint density at radius 1 is 1.30 bits per heavy atom. The van der Waals surface area contributed by atoms with Crippen molar-refractivity contribution in [2.75, 3.05) is 39.4 Å². The second-order valence-corrected chi connectivity index (χ2v) is 7.67. The van der Waals surface area contributed by atoms with Gasteiger partial charge >= 0.3 is 0 Å². The number of hydrogen-bond acceptors (Lipinski definition) is 3. The number of ether oxygens (including phenoxy) is 1. The topological polar surface area (TPSA) is 24.5 Å². The van der Waals surface area contributed by atoms with Crippen molar-refractivity contribution in [3.63, 3.8) is 0 Å². The first-order chi connectivity index (χ1) is 9.51. The van der Waals surface area contributed by atoms with Gasteiger partial charge in [0.25, 0.3) is 0 Å². The molecular formula is C17H34N2O. The van der Waals surface area contributed by atoms with Crippen LogP contribution in [0.25, 0.3) is 0 Å². The van der Waals surface area contributed by atoms with Crippen molar-refractivity contribution >= 4 is 0 Å². The number of nitrogens with zero attached hydrogens (tertiary/aromatic N) is 1. The molecule has 2 heterocycles. The van der Waals surface area contributed by atoms with E-state index in [1.807, 2.05) is 0 Å². The summed E-state index contributed by atoms with van der Waals surface area (Å²) in [4.78, 5) is 2.70. The van der Waals surface area contributed by atoms with Gasteiger partial charge in [0.15, 0.2) is 0 Å². The van der Waals surface area contributed by atoms with Crippen molar-refractivity contribution in [3.8, 4) is 0 Å². The van der Waals surface area contributed by atoms with Crippen LogP contribution < -0.4 is 5.32 Å². The number of rotatable bonds is 5. The molecule has 0 saturated carbocycles. The SMILES string of the molecule is CC(C)NCC1(CN2CCC(C)C(C)C2)CCCOC1. The fourth-order valence-electron chi connectivity index (χ4n) is 3.62. The van der Waals surface area contributed by atoms with Gasteiger partial charge in [-0.1, -0.05) is 27.7 Å². The molecule has 20 heavy (non-hydrogen) atoms. The number of piperidine rings is 1. The Balaban J connectivity index is 1.93. The average Bonchev–Trinajstić information content (AvgIpc) is 2.42. The van der Waals surface area contributed by atoms with Gasteiger partial charge in [0.2, 0.25) is 0 Å². The maximum Gasteiger partial charge on any atom is 0.0546 e. The van der Waals surface area contributed by atoms with Gasteiger partial charge in [0.1, 0.15) is 0 Å². The first kappa shape index (κ1) is 16.3. The average molecular weight is 282 g/mol. The predicted molar refractivity (Wildman–Crippen MR) is 85.0 cm³/mol. The molecule has 0 amide bonds. The highest BCUT2D eigenvalue weighted by molar-refractivity contribution is 4.89. The summed E-state index contributed by atoms with van der Waals surface area (Å²) >= 11 is 0. The number of nitrogens with one attached hydrogen (secondary N) is 1. The molecule has 2 aliphatic rings. The Bertz CT molecular complexity index is 287. The Morgan fingerprint density at radius 3 is 2.70 bits per heavy atom. The van der Waals surface area contributed by atoms with E-state index in [1.165, 1.54) is 38.9 Å². The smallest absolute Gasteiger partial charge is 0.0546 e. The van der Waals surface area contributed by atoms with Gasteiger partial charge < -0.3 is 15.0 Å². The highest BCUT2D eigenvalue weighted by atomic mass is 16.5. The van der Waals surface area contributed by atoms with E-state index in [2.05, 4.69) is 37.9 Å². The van der Waals surface area contributed by atoms with E-state index in [4.69, 9.17) is 4.74 Å². The fourth-order valence-corrected chi connectivity index (χ4v) is 3.62. The third kappa shape index (κ3) is 4.44. The van der Waals surface area contributed by atoms with Crippen molar-refractivity contribution in [1.29, 1.82) is 0 Å². The maximum absolute atomic E-state index is 5.84. The first-order valence-electron chi connectivity index (χ1n) is 8.54. The lowest BCUT2D eigenvalue weighted by atomic mass is 9.80. The minimum Gasteiger partial charge on any atom is -0.381 e. The van der Waals surface area contributed by atoms with E-state index >= 15 is 0 Å². The predicted octanol–water partition coefficient (Wildman–Crippen LogP) is 2.76. The summed E-state index contributed by atoms with van der Waals surface area (Å²) in [7, 11) is 0. The lowest BCUT2D eigenvalue weighted by Crippen LogP contribution is -2.52. The molecule has 3 heteroatoms. The summed E-state index contributed by atoms with van der Waals surface area (Å²) in [5, 5.41) is 3.66. The van der Waals surface area contributed by atoms with Crippen LogP contribution in [0.15, 0.2) is 0 Å². The zero-order valence-electron chi connectivity index (χ0n) is 14.0. The molecule has 0 aliphatic carbocycles. The van der Waals surface area contributed by atoms with E-state index in [0.29, 0.717) is 11.5 Å². The van der Waals surface area contributed by atoms with Crippen LogP contribution in [-0.2, 0) is 4.74 Å². The molecule has 0 radical (unpaired) electrons. The highest BCUT2D eigenvalue weighted by Crippen LogP contribution is 2.32. The summed E-state index contributed by atoms with van der Waals surface area (Å²) in [5.41, 5.74) is 0.336. The Hall–Kier alpha value is -0.120. The molecule has 0 aromatic rings. The summed E-state index contributed by atoms with van der Waals surface area (Å²) in [5.74, 6) is 1.72. The van der Waals surface area contributed by atoms with Gasteiger partial charge in [-0.3, -0.25) is 0 Å². The lowest BCUT2D eigenvalue weighted by Gasteiger charge is -2.44. The molecule has 0 spiro atoms. The molecular weight excluding hydrogens is 248 g/mol. The Kier molecular flexibility index (Phi) is 5.88. The van der Waals surface area contributed by atoms with E-state index in [1.54, 1.807) is 0 Å². The van der Waals surface area contributed by atoms with Crippen LogP contribution in [-0.4, -0.2) is 50.3 Å². The molecule has 2 fully saturated rings. The van der Waals surface area contributed by atoms with Crippen LogP contribution in [0, 0.1) is 17.3 Å². The van der Waals surface area contributed by atoms with Crippen molar-refractivity contribution in [3.05, 3.63) is 0 Å². The lowest BCUT2D eigenvalue weighted by molar-refractivity contribution is -0.0352. The second-order valence-electron chi connectivity index (χ2n) is 7.67. The van der Waals surface area contributed by atoms with Crippen molar-refractivity contribution in [2.45, 2.75) is 53.0 Å². The highest BCUT2D eigenvalue weighted by Gasteiger charge is 2.36. The molecule has 2 aliphatic heterocycles. The van der Waals surface area contributed by atoms with Gasteiger partial charge in [0.05, 0.1) is 6.61 Å². The van der Waals surface area contributed by atoms with E-state index in [0.717, 1.165) is 31.6 Å². The van der Waals surface area contributed by atoms with Crippen molar-refractivity contribution < 1.29 is 4.74 Å². The molecule has 0 aromatic carbocycles. The van der Waals surface area contributed by atoms with Gasteiger partial charge in [-0.25, -0.2) is 0 Å². The summed E-state index contributed by atoms with van der Waals surface area (Å²) in [6.07, 6.45) is 3.89. The van der Waals surface area contributed by atoms with E-state index < -0.39 is 0 Å². The van der Waals surface area contributed by atoms with Crippen LogP contribution in [0.4, 0.5) is 0 Å². The quantitative estimate of drug-likeness (QED) is 0.839. The van der Waals surface area contributed by atoms with Crippen LogP contribution in [0.2, 0.25) is 0 Å². The van der Waals surface area contributed by atoms with Crippen LogP contribution >= 0.6 is 0 Å². The minimum absolute atomic E-state index is 0.336. The van der Waals surface area contributed by atoms with E-state index in [9.17, 15) is 0 Å². The van der Waals surface area contributed by atoms with Crippen LogP contribution in [0.5, 0.6) is 0 Å². The van der Waals surface area contributed by atoms with Crippen LogP contribution in [0.1, 0.15) is 47.0 Å². The third-order valence-electron chi connectivity index (χ3n) is 5.27. The normalized spacial score (nSPS) is 36.5. The van der Waals surface area contributed by atoms with Gasteiger partial charge in [-0.15, -0.1) is 0 Å². The standard InChI is InChI=1S/C17H34N2O/c1-14(2)18-11-17(7-5-9-20-13-17)12-19-8-6-15(3)16(4)10-19/h14-16,18H,5-13H2,1-4H3. The zero-order valence-corrected chi connectivity index (χ0v) is 14.0. The molecule has 3 atom stereocenters. The van der Waals surface area contributed by atoms with Gasteiger partial charge in [0, 0.05) is 37.7 Å². The Labute approximate surface area is 125 Å². The molecule has 2 rings (SSSR count). The molecule has 0 bridgehead atoms. The van der Waals surface area contributed by atoms with Crippen LogP contribution in [0.3, 0.4) is 0 Å². The first-order valence-corrected chi connectivity index (χ1v) is 8.54. The molecule has 118 valence electrons. The maximum atomic E-state index is 5.84. The Morgan fingerprint density at radius 2 is 2.10 bits per heavy atom. The summed E-state index contributed by atoms with van der Waals surface area (Å²) in [6.45, 7) is 16.0. The number of hydrogen-bond donors (Lipinski definition) is 1. The van der Waals surface area contributed by atoms with Crippen molar-refractivity contribution in [2.24, 2.45) is 17.3 Å². The fraction of sp³-hybridized carbons (Fsp3) is 1.00. The summed E-state index contributed by atoms with van der Waals surface area (Å²) < 4.78 is 5.84. The molecule has 3 unspecified atom stereocenters. The largest absolute Gasteiger partial charge is 0.381 e. The molecule has 1 N–H and O–H groups in total. The van der Waals surface area contributed by atoms with E-state index in [-0.39, 0.29) is 0 Å². The van der Waals surface area contributed by atoms with Crippen molar-refractivity contribution in [1.82, 2.24) is 10.2 Å². The third-order valence-corrected chi connectivity index (χ3v) is 5.27. The van der Waals surface area contributed by atoms with Gasteiger partial charge in [-0.05, 0) is 37.6 Å². The summed E-state index contributed by atoms with van der Waals surface area (Å²) in [6, 6.07) is 0.564. The molecule has 3 nitrogen and oxygen atoms in total. The second kappa shape index (κ2) is 7.24. The zero-order chi connectivity index (χ0) is 14.6.